The van der Waals surface area contributed by atoms with Crippen LogP contribution in [-0.2, 0) is 14.3 Å². The van der Waals surface area contributed by atoms with E-state index in [1.165, 1.54) is 7.11 Å². The Morgan fingerprint density at radius 3 is 2.48 bits per heavy atom. The summed E-state index contributed by atoms with van der Waals surface area (Å²) in [5, 5.41) is 5.17. The minimum Gasteiger partial charge on any atom is -0.467 e. The van der Waals surface area contributed by atoms with Crippen LogP contribution < -0.4 is 15.5 Å². The zero-order chi connectivity index (χ0) is 22.4. The summed E-state index contributed by atoms with van der Waals surface area (Å²) >= 11 is 6.94. The lowest BCUT2D eigenvalue weighted by Crippen LogP contribution is -2.48. The van der Waals surface area contributed by atoms with Gasteiger partial charge in [-0.1, -0.05) is 11.6 Å². The van der Waals surface area contributed by atoms with Gasteiger partial charge in [0.1, 0.15) is 6.04 Å². The van der Waals surface area contributed by atoms with E-state index in [9.17, 15) is 19.2 Å². The molecule has 2 N–H and O–H groups in total. The monoisotopic (exact) mass is 463 g/mol. The van der Waals surface area contributed by atoms with Crippen molar-refractivity contribution in [3.8, 4) is 0 Å². The number of esters is 1. The van der Waals surface area contributed by atoms with E-state index >= 15 is 0 Å². The standard InChI is InChI=1S/C21H22ClN3O5S/c1-30-21(29)15(12-23-20(28)16-9-10-17(22)31-16)24-19(27)13-5-7-14(8-6-13)25-11-3-2-4-18(25)26/h5-10,15H,2-4,11-12H2,1H3,(H,23,28)(H,24,27). The van der Waals surface area contributed by atoms with Crippen LogP contribution in [0.5, 0.6) is 0 Å². The number of halogens is 1. The molecule has 2 heterocycles. The molecule has 1 saturated heterocycles. The van der Waals surface area contributed by atoms with Crippen molar-refractivity contribution < 1.29 is 23.9 Å². The van der Waals surface area contributed by atoms with Gasteiger partial charge in [0.15, 0.2) is 0 Å². The fraction of sp³-hybridized carbons (Fsp3) is 0.333. The predicted molar refractivity (Wildman–Crippen MR) is 118 cm³/mol. The van der Waals surface area contributed by atoms with E-state index in [0.29, 0.717) is 27.7 Å². The van der Waals surface area contributed by atoms with E-state index in [4.69, 9.17) is 16.3 Å². The second-order valence-electron chi connectivity index (χ2n) is 6.91. The highest BCUT2D eigenvalue weighted by atomic mass is 35.5. The number of anilines is 1. The first-order valence-electron chi connectivity index (χ1n) is 9.71. The number of amides is 3. The molecular weight excluding hydrogens is 442 g/mol. The number of rotatable bonds is 7. The third-order valence-electron chi connectivity index (χ3n) is 4.82. The van der Waals surface area contributed by atoms with Crippen LogP contribution in [0.2, 0.25) is 4.34 Å². The molecule has 2 aromatic rings. The summed E-state index contributed by atoms with van der Waals surface area (Å²) in [6, 6.07) is 8.69. The van der Waals surface area contributed by atoms with Crippen LogP contribution in [0, 0.1) is 0 Å². The van der Waals surface area contributed by atoms with Crippen molar-refractivity contribution in [2.45, 2.75) is 25.3 Å². The normalized spacial score (nSPS) is 14.6. The number of carbonyl (C=O) groups is 4. The number of ether oxygens (including phenoxy) is 1. The van der Waals surface area contributed by atoms with Crippen molar-refractivity contribution in [3.63, 3.8) is 0 Å². The Kier molecular flexibility index (Phi) is 7.64. The first-order valence-corrected chi connectivity index (χ1v) is 10.9. The molecule has 0 bridgehead atoms. The largest absolute Gasteiger partial charge is 0.467 e. The molecule has 0 radical (unpaired) electrons. The molecule has 1 aromatic heterocycles. The molecule has 8 nitrogen and oxygen atoms in total. The Labute approximate surface area is 188 Å². The zero-order valence-corrected chi connectivity index (χ0v) is 18.4. The van der Waals surface area contributed by atoms with Gasteiger partial charge in [-0.25, -0.2) is 4.79 Å². The van der Waals surface area contributed by atoms with Gasteiger partial charge in [0.05, 0.1) is 16.3 Å². The summed E-state index contributed by atoms with van der Waals surface area (Å²) in [6.45, 7) is 0.511. The van der Waals surface area contributed by atoms with E-state index < -0.39 is 23.8 Å². The minimum atomic E-state index is -1.07. The Morgan fingerprint density at radius 2 is 1.87 bits per heavy atom. The van der Waals surface area contributed by atoms with Gasteiger partial charge in [-0.2, -0.15) is 0 Å². The number of piperidine rings is 1. The third kappa shape index (κ3) is 5.83. The summed E-state index contributed by atoms with van der Waals surface area (Å²) in [7, 11) is 1.20. The van der Waals surface area contributed by atoms with Gasteiger partial charge >= 0.3 is 5.97 Å². The number of hydrogen-bond donors (Lipinski definition) is 2. The minimum absolute atomic E-state index is 0.0666. The number of nitrogens with zero attached hydrogens (tertiary/aromatic N) is 1. The van der Waals surface area contributed by atoms with Gasteiger partial charge in [-0.3, -0.25) is 14.4 Å². The summed E-state index contributed by atoms with van der Waals surface area (Å²) in [4.78, 5) is 51.0. The highest BCUT2D eigenvalue weighted by molar-refractivity contribution is 7.18. The van der Waals surface area contributed by atoms with E-state index in [1.54, 1.807) is 41.3 Å². The van der Waals surface area contributed by atoms with E-state index in [1.807, 2.05) is 0 Å². The Morgan fingerprint density at radius 1 is 1.13 bits per heavy atom. The Balaban J connectivity index is 1.62. The van der Waals surface area contributed by atoms with Crippen molar-refractivity contribution in [2.75, 3.05) is 25.1 Å². The number of hydrogen-bond acceptors (Lipinski definition) is 6. The lowest BCUT2D eigenvalue weighted by molar-refractivity contribution is -0.142. The number of nitrogens with one attached hydrogen (secondary N) is 2. The molecule has 0 aliphatic carbocycles. The molecule has 10 heteroatoms. The molecule has 3 rings (SSSR count). The first kappa shape index (κ1) is 22.8. The molecule has 3 amide bonds. The van der Waals surface area contributed by atoms with E-state index in [2.05, 4.69) is 10.6 Å². The topological polar surface area (TPSA) is 105 Å². The average Bonchev–Trinajstić information content (AvgIpc) is 3.22. The summed E-state index contributed by atoms with van der Waals surface area (Å²) < 4.78 is 5.20. The maximum absolute atomic E-state index is 12.6. The van der Waals surface area contributed by atoms with Gasteiger partial charge in [0.2, 0.25) is 5.91 Å². The smallest absolute Gasteiger partial charge is 0.330 e. The van der Waals surface area contributed by atoms with Crippen LogP contribution in [0.4, 0.5) is 5.69 Å². The van der Waals surface area contributed by atoms with Gasteiger partial charge in [-0.15, -0.1) is 11.3 Å². The molecule has 31 heavy (non-hydrogen) atoms. The molecule has 1 fully saturated rings. The second kappa shape index (κ2) is 10.4. The van der Waals surface area contributed by atoms with Crippen molar-refractivity contribution in [1.29, 1.82) is 0 Å². The molecule has 0 spiro atoms. The predicted octanol–water partition coefficient (Wildman–Crippen LogP) is 2.62. The van der Waals surface area contributed by atoms with Crippen LogP contribution in [0.15, 0.2) is 36.4 Å². The van der Waals surface area contributed by atoms with Crippen LogP contribution in [0.1, 0.15) is 39.3 Å². The molecular formula is C21H22ClN3O5S. The fourth-order valence-corrected chi connectivity index (χ4v) is 4.13. The maximum Gasteiger partial charge on any atom is 0.330 e. The van der Waals surface area contributed by atoms with Gasteiger partial charge in [-0.05, 0) is 49.2 Å². The number of thiophene rings is 1. The maximum atomic E-state index is 12.6. The summed E-state index contributed by atoms with van der Waals surface area (Å²) in [6.07, 6.45) is 2.35. The lowest BCUT2D eigenvalue weighted by Gasteiger charge is -2.26. The van der Waals surface area contributed by atoms with Gasteiger partial charge in [0, 0.05) is 30.8 Å². The highest BCUT2D eigenvalue weighted by Gasteiger charge is 2.24. The molecule has 164 valence electrons. The van der Waals surface area contributed by atoms with Gasteiger partial charge < -0.3 is 20.3 Å². The average molecular weight is 464 g/mol. The zero-order valence-electron chi connectivity index (χ0n) is 16.9. The fourth-order valence-electron chi connectivity index (χ4n) is 3.17. The van der Waals surface area contributed by atoms with Crippen LogP contribution >= 0.6 is 22.9 Å². The van der Waals surface area contributed by atoms with Crippen molar-refractivity contribution in [1.82, 2.24) is 10.6 Å². The number of carbonyl (C=O) groups excluding carboxylic acids is 4. The van der Waals surface area contributed by atoms with Crippen molar-refractivity contribution in [2.24, 2.45) is 0 Å². The SMILES string of the molecule is COC(=O)C(CNC(=O)c1ccc(Cl)s1)NC(=O)c1ccc(N2CCCCC2=O)cc1. The molecule has 0 saturated carbocycles. The number of methoxy groups -OCH3 is 1. The molecule has 1 aliphatic heterocycles. The molecule has 1 atom stereocenters. The lowest BCUT2D eigenvalue weighted by atomic mass is 10.1. The number of benzene rings is 1. The molecule has 1 unspecified atom stereocenters. The summed E-state index contributed by atoms with van der Waals surface area (Å²) in [5.41, 5.74) is 1.05. The van der Waals surface area contributed by atoms with Crippen LogP contribution in [-0.4, -0.2) is 49.9 Å². The summed E-state index contributed by atoms with van der Waals surface area (Å²) in [5.74, 6) is -1.53. The molecule has 1 aromatic carbocycles. The van der Waals surface area contributed by atoms with Crippen molar-refractivity contribution >= 4 is 52.3 Å². The van der Waals surface area contributed by atoms with Gasteiger partial charge in [0.25, 0.3) is 11.8 Å². The Hall–Kier alpha value is -2.91. The van der Waals surface area contributed by atoms with Crippen molar-refractivity contribution in [3.05, 3.63) is 51.2 Å². The Bertz CT molecular complexity index is 976. The third-order valence-corrected chi connectivity index (χ3v) is 6.05. The van der Waals surface area contributed by atoms with E-state index in [-0.39, 0.29) is 12.5 Å². The second-order valence-corrected chi connectivity index (χ2v) is 8.63. The van der Waals surface area contributed by atoms with E-state index in [0.717, 1.165) is 29.9 Å². The highest BCUT2D eigenvalue weighted by Crippen LogP contribution is 2.22. The van der Waals surface area contributed by atoms with Crippen LogP contribution in [0.3, 0.4) is 0 Å². The molecule has 1 aliphatic rings. The quantitative estimate of drug-likeness (QED) is 0.614. The van der Waals surface area contributed by atoms with Crippen LogP contribution in [0.25, 0.3) is 0 Å². The first-order chi connectivity index (χ1) is 14.9.